The number of hydrogen-bond acceptors (Lipinski definition) is 3. The molecule has 3 heteroatoms. The summed E-state index contributed by atoms with van der Waals surface area (Å²) in [5, 5.41) is 8.80. The zero-order chi connectivity index (χ0) is 10.9. The Morgan fingerprint density at radius 2 is 2.20 bits per heavy atom. The molecular formula is C12H20N2O. The molecule has 1 aliphatic heterocycles. The van der Waals surface area contributed by atoms with E-state index in [1.54, 1.807) is 0 Å². The topological polar surface area (TPSA) is 36.3 Å². The smallest absolute Gasteiger partial charge is 0.0674 e. The van der Waals surface area contributed by atoms with Gasteiger partial charge in [0.2, 0.25) is 0 Å². The first-order valence-corrected chi connectivity index (χ1v) is 5.88. The standard InChI is InChI=1S/C12H20N2O/c1-10-8-15-11(2)7-14(10)9-12(3-4-12)5-6-13/h10-11H,3-5,7-9H2,1-2H3. The minimum absolute atomic E-state index is 0.333. The van der Waals surface area contributed by atoms with E-state index in [0.717, 1.165) is 26.1 Å². The van der Waals surface area contributed by atoms with Crippen LogP contribution in [0.5, 0.6) is 0 Å². The predicted molar refractivity (Wildman–Crippen MR) is 58.3 cm³/mol. The molecule has 0 radical (unpaired) electrons. The van der Waals surface area contributed by atoms with Crippen LogP contribution in [0, 0.1) is 16.7 Å². The molecule has 15 heavy (non-hydrogen) atoms. The minimum atomic E-state index is 0.333. The van der Waals surface area contributed by atoms with Crippen molar-refractivity contribution in [1.82, 2.24) is 4.90 Å². The largest absolute Gasteiger partial charge is 0.376 e. The molecule has 0 bridgehead atoms. The minimum Gasteiger partial charge on any atom is -0.376 e. The van der Waals surface area contributed by atoms with E-state index in [9.17, 15) is 0 Å². The van der Waals surface area contributed by atoms with Gasteiger partial charge in [-0.05, 0) is 32.1 Å². The van der Waals surface area contributed by atoms with E-state index in [0.29, 0.717) is 17.6 Å². The van der Waals surface area contributed by atoms with Gasteiger partial charge in [-0.15, -0.1) is 0 Å². The molecule has 2 atom stereocenters. The van der Waals surface area contributed by atoms with Crippen molar-refractivity contribution in [1.29, 1.82) is 5.26 Å². The van der Waals surface area contributed by atoms with Gasteiger partial charge < -0.3 is 4.74 Å². The van der Waals surface area contributed by atoms with E-state index >= 15 is 0 Å². The summed E-state index contributed by atoms with van der Waals surface area (Å²) in [6.45, 7) is 7.30. The van der Waals surface area contributed by atoms with Crippen LogP contribution in [0.15, 0.2) is 0 Å². The van der Waals surface area contributed by atoms with Crippen LogP contribution < -0.4 is 0 Å². The van der Waals surface area contributed by atoms with Crippen LogP contribution in [-0.2, 0) is 4.74 Å². The van der Waals surface area contributed by atoms with Crippen LogP contribution in [-0.4, -0.2) is 36.7 Å². The summed E-state index contributed by atoms with van der Waals surface area (Å²) in [5.74, 6) is 0. The molecule has 1 saturated heterocycles. The second kappa shape index (κ2) is 4.11. The molecule has 2 unspecified atom stereocenters. The fourth-order valence-corrected chi connectivity index (χ4v) is 2.36. The van der Waals surface area contributed by atoms with Gasteiger partial charge in [-0.3, -0.25) is 4.90 Å². The van der Waals surface area contributed by atoms with Gasteiger partial charge in [0.05, 0.1) is 18.8 Å². The SMILES string of the molecule is CC1CN(CC2(CC#N)CC2)C(C)CO1. The Morgan fingerprint density at radius 1 is 1.47 bits per heavy atom. The van der Waals surface area contributed by atoms with Crippen molar-refractivity contribution in [3.05, 3.63) is 0 Å². The lowest BCUT2D eigenvalue weighted by molar-refractivity contribution is -0.0555. The molecule has 84 valence electrons. The average molecular weight is 208 g/mol. The van der Waals surface area contributed by atoms with Crippen molar-refractivity contribution in [2.24, 2.45) is 5.41 Å². The zero-order valence-electron chi connectivity index (χ0n) is 9.70. The molecule has 2 aliphatic rings. The van der Waals surface area contributed by atoms with Gasteiger partial charge in [0.25, 0.3) is 0 Å². The lowest BCUT2D eigenvalue weighted by Gasteiger charge is -2.38. The van der Waals surface area contributed by atoms with Crippen LogP contribution in [0.4, 0.5) is 0 Å². The zero-order valence-corrected chi connectivity index (χ0v) is 9.70. The van der Waals surface area contributed by atoms with Gasteiger partial charge in [-0.25, -0.2) is 0 Å². The van der Waals surface area contributed by atoms with E-state index < -0.39 is 0 Å². The van der Waals surface area contributed by atoms with Crippen LogP contribution in [0.1, 0.15) is 33.1 Å². The quantitative estimate of drug-likeness (QED) is 0.709. The molecule has 0 spiro atoms. The number of morpholine rings is 1. The molecule has 1 heterocycles. The highest BCUT2D eigenvalue weighted by molar-refractivity contribution is 5.02. The maximum Gasteiger partial charge on any atom is 0.0674 e. The van der Waals surface area contributed by atoms with Crippen molar-refractivity contribution in [2.75, 3.05) is 19.7 Å². The highest BCUT2D eigenvalue weighted by Crippen LogP contribution is 2.49. The van der Waals surface area contributed by atoms with Crippen molar-refractivity contribution in [2.45, 2.75) is 45.3 Å². The number of nitriles is 1. The van der Waals surface area contributed by atoms with E-state index in [-0.39, 0.29) is 0 Å². The van der Waals surface area contributed by atoms with Crippen LogP contribution in [0.2, 0.25) is 0 Å². The molecule has 0 aromatic carbocycles. The fourth-order valence-electron chi connectivity index (χ4n) is 2.36. The third-order valence-corrected chi connectivity index (χ3v) is 3.69. The van der Waals surface area contributed by atoms with Crippen LogP contribution in [0.3, 0.4) is 0 Å². The van der Waals surface area contributed by atoms with E-state index in [4.69, 9.17) is 10.00 Å². The Bertz CT molecular complexity index is 267. The van der Waals surface area contributed by atoms with Crippen LogP contribution >= 0.6 is 0 Å². The molecule has 1 saturated carbocycles. The van der Waals surface area contributed by atoms with Gasteiger partial charge >= 0.3 is 0 Å². The van der Waals surface area contributed by atoms with Crippen LogP contribution in [0.25, 0.3) is 0 Å². The van der Waals surface area contributed by atoms with Gasteiger partial charge in [0.1, 0.15) is 0 Å². The van der Waals surface area contributed by atoms with Gasteiger partial charge in [-0.1, -0.05) is 0 Å². The van der Waals surface area contributed by atoms with Crippen molar-refractivity contribution in [3.63, 3.8) is 0 Å². The summed E-state index contributed by atoms with van der Waals surface area (Å²) in [6, 6.07) is 2.84. The number of rotatable bonds is 3. The third kappa shape index (κ3) is 2.50. The second-order valence-corrected chi connectivity index (χ2v) is 5.26. The molecule has 3 nitrogen and oxygen atoms in total. The van der Waals surface area contributed by atoms with Crippen molar-refractivity contribution < 1.29 is 4.74 Å². The average Bonchev–Trinajstić information content (AvgIpc) is 2.92. The maximum absolute atomic E-state index is 8.80. The lowest BCUT2D eigenvalue weighted by atomic mass is 10.0. The molecule has 2 fully saturated rings. The van der Waals surface area contributed by atoms with E-state index in [2.05, 4.69) is 24.8 Å². The summed E-state index contributed by atoms with van der Waals surface area (Å²) in [7, 11) is 0. The predicted octanol–water partition coefficient (Wildman–Crippen LogP) is 1.79. The highest BCUT2D eigenvalue weighted by Gasteiger charge is 2.44. The number of nitrogens with zero attached hydrogens (tertiary/aromatic N) is 2. The molecule has 1 aliphatic carbocycles. The summed E-state index contributed by atoms with van der Waals surface area (Å²) in [5.41, 5.74) is 0.333. The van der Waals surface area contributed by atoms with E-state index in [1.165, 1.54) is 12.8 Å². The highest BCUT2D eigenvalue weighted by atomic mass is 16.5. The molecule has 0 N–H and O–H groups in total. The van der Waals surface area contributed by atoms with Gasteiger partial charge in [0, 0.05) is 25.6 Å². The second-order valence-electron chi connectivity index (χ2n) is 5.26. The summed E-state index contributed by atoms with van der Waals surface area (Å²) in [4.78, 5) is 2.50. The first-order valence-electron chi connectivity index (χ1n) is 5.88. The summed E-state index contributed by atoms with van der Waals surface area (Å²) < 4.78 is 5.61. The Hall–Kier alpha value is -0.590. The monoisotopic (exact) mass is 208 g/mol. The molecular weight excluding hydrogens is 188 g/mol. The number of ether oxygens (including phenoxy) is 1. The lowest BCUT2D eigenvalue weighted by Crippen LogP contribution is -2.49. The number of hydrogen-bond donors (Lipinski definition) is 0. The van der Waals surface area contributed by atoms with Crippen molar-refractivity contribution in [3.8, 4) is 6.07 Å². The molecule has 0 aromatic rings. The Kier molecular flexibility index (Phi) is 2.99. The normalized spacial score (nSPS) is 34.7. The fraction of sp³-hybridized carbons (Fsp3) is 0.917. The summed E-state index contributed by atoms with van der Waals surface area (Å²) >= 11 is 0. The maximum atomic E-state index is 8.80. The molecule has 0 aromatic heterocycles. The molecule has 2 rings (SSSR count). The third-order valence-electron chi connectivity index (χ3n) is 3.69. The van der Waals surface area contributed by atoms with Gasteiger partial charge in [-0.2, -0.15) is 5.26 Å². The molecule has 0 amide bonds. The first-order chi connectivity index (χ1) is 7.15. The van der Waals surface area contributed by atoms with Crippen molar-refractivity contribution >= 4 is 0 Å². The first kappa shape index (κ1) is 10.9. The summed E-state index contributed by atoms with van der Waals surface area (Å²) in [6.07, 6.45) is 3.54. The van der Waals surface area contributed by atoms with Gasteiger partial charge in [0.15, 0.2) is 0 Å². The Morgan fingerprint density at radius 3 is 2.80 bits per heavy atom. The Balaban J connectivity index is 1.90. The Labute approximate surface area is 92.0 Å². The van der Waals surface area contributed by atoms with E-state index in [1.807, 2.05) is 0 Å².